The average molecular weight is 284 g/mol. The van der Waals surface area contributed by atoms with Crippen LogP contribution >= 0.6 is 23.4 Å². The molecule has 0 saturated carbocycles. The van der Waals surface area contributed by atoms with Crippen molar-refractivity contribution in [3.8, 4) is 0 Å². The fourth-order valence-electron chi connectivity index (χ4n) is 1.52. The summed E-state index contributed by atoms with van der Waals surface area (Å²) in [6, 6.07) is 3.61. The molecule has 7 heteroatoms. The minimum Gasteiger partial charge on any atom is -0.329 e. The molecular weight excluding hydrogens is 270 g/mol. The summed E-state index contributed by atoms with van der Waals surface area (Å²) in [7, 11) is 0. The third-order valence-electron chi connectivity index (χ3n) is 2.38. The number of nitrogens with zero attached hydrogens (tertiary/aromatic N) is 4. The molecule has 5 nitrogen and oxygen atoms in total. The lowest BCUT2D eigenvalue weighted by Crippen LogP contribution is -2.12. The number of hydrogen-bond donors (Lipinski definition) is 1. The van der Waals surface area contributed by atoms with Crippen molar-refractivity contribution in [3.63, 3.8) is 0 Å². The van der Waals surface area contributed by atoms with Gasteiger partial charge in [-0.1, -0.05) is 23.4 Å². The highest BCUT2D eigenvalue weighted by Crippen LogP contribution is 2.21. The molecule has 0 fully saturated rings. The van der Waals surface area contributed by atoms with Gasteiger partial charge in [0.15, 0.2) is 5.16 Å². The summed E-state index contributed by atoms with van der Waals surface area (Å²) in [5, 5.41) is 9.74. The lowest BCUT2D eigenvalue weighted by molar-refractivity contribution is 0.627. The average Bonchev–Trinajstić information content (AvgIpc) is 2.69. The third-order valence-corrected chi connectivity index (χ3v) is 3.62. The second-order valence-corrected chi connectivity index (χ2v) is 5.10. The Bertz CT molecular complexity index is 528. The van der Waals surface area contributed by atoms with Gasteiger partial charge in [-0.3, -0.25) is 4.98 Å². The number of aromatic nitrogens is 4. The summed E-state index contributed by atoms with van der Waals surface area (Å²) < 4.78 is 2.01. The number of rotatable bonds is 5. The van der Waals surface area contributed by atoms with Crippen molar-refractivity contribution in [2.45, 2.75) is 24.4 Å². The third kappa shape index (κ3) is 3.22. The highest BCUT2D eigenvalue weighted by atomic mass is 35.5. The van der Waals surface area contributed by atoms with Gasteiger partial charge < -0.3 is 10.3 Å². The van der Waals surface area contributed by atoms with Crippen LogP contribution in [-0.4, -0.2) is 26.3 Å². The molecule has 0 aliphatic rings. The van der Waals surface area contributed by atoms with Gasteiger partial charge in [-0.2, -0.15) is 0 Å². The summed E-state index contributed by atoms with van der Waals surface area (Å²) in [6.45, 7) is 3.22. The molecule has 2 rings (SSSR count). The Balaban J connectivity index is 2.06. The largest absolute Gasteiger partial charge is 0.329 e. The minimum atomic E-state index is 0.571. The Morgan fingerprint density at radius 1 is 1.44 bits per heavy atom. The van der Waals surface area contributed by atoms with Gasteiger partial charge in [0.25, 0.3) is 0 Å². The zero-order valence-corrected chi connectivity index (χ0v) is 11.6. The van der Waals surface area contributed by atoms with Crippen molar-refractivity contribution in [2.75, 3.05) is 6.54 Å². The normalized spacial score (nSPS) is 10.8. The molecule has 96 valence electrons. The maximum atomic E-state index is 5.91. The van der Waals surface area contributed by atoms with Gasteiger partial charge in [-0.05, 0) is 19.1 Å². The minimum absolute atomic E-state index is 0.571. The molecule has 0 unspecified atom stereocenters. The molecule has 0 aliphatic heterocycles. The van der Waals surface area contributed by atoms with Gasteiger partial charge in [-0.25, -0.2) is 0 Å². The van der Waals surface area contributed by atoms with Crippen molar-refractivity contribution < 1.29 is 0 Å². The van der Waals surface area contributed by atoms with Crippen LogP contribution in [0.3, 0.4) is 0 Å². The van der Waals surface area contributed by atoms with Crippen LogP contribution in [0.5, 0.6) is 0 Å². The van der Waals surface area contributed by atoms with Crippen LogP contribution in [0.4, 0.5) is 0 Å². The van der Waals surface area contributed by atoms with E-state index in [-0.39, 0.29) is 0 Å². The topological polar surface area (TPSA) is 69.6 Å². The van der Waals surface area contributed by atoms with E-state index in [2.05, 4.69) is 15.2 Å². The summed E-state index contributed by atoms with van der Waals surface area (Å²) in [5.74, 6) is 1.59. The predicted molar refractivity (Wildman–Crippen MR) is 72.6 cm³/mol. The van der Waals surface area contributed by atoms with Crippen LogP contribution in [0.15, 0.2) is 23.5 Å². The smallest absolute Gasteiger partial charge is 0.191 e. The van der Waals surface area contributed by atoms with Crippen molar-refractivity contribution in [1.29, 1.82) is 0 Å². The monoisotopic (exact) mass is 283 g/mol. The molecular formula is C11H14ClN5S. The first kappa shape index (κ1) is 13.3. The van der Waals surface area contributed by atoms with Crippen molar-refractivity contribution in [3.05, 3.63) is 34.9 Å². The second kappa shape index (κ2) is 6.17. The highest BCUT2D eigenvalue weighted by molar-refractivity contribution is 7.98. The molecule has 2 aromatic rings. The molecule has 0 bridgehead atoms. The standard InChI is InChI=1S/C11H14ClN5S/c1-8-15-16-11(17(8)5-3-13)18-7-10-6-9(12)2-4-14-10/h2,4,6H,3,5,7,13H2,1H3. The number of pyridine rings is 1. The molecule has 2 heterocycles. The first-order valence-electron chi connectivity index (χ1n) is 5.54. The van der Waals surface area contributed by atoms with Crippen molar-refractivity contribution >= 4 is 23.4 Å². The van der Waals surface area contributed by atoms with Gasteiger partial charge in [0, 0.05) is 30.1 Å². The first-order valence-corrected chi connectivity index (χ1v) is 6.90. The summed E-state index contributed by atoms with van der Waals surface area (Å²) in [5.41, 5.74) is 6.49. The van der Waals surface area contributed by atoms with Crippen LogP contribution < -0.4 is 5.73 Å². The number of hydrogen-bond acceptors (Lipinski definition) is 5. The van der Waals surface area contributed by atoms with Gasteiger partial charge in [0.1, 0.15) is 5.82 Å². The van der Waals surface area contributed by atoms with E-state index in [1.165, 1.54) is 0 Å². The van der Waals surface area contributed by atoms with Gasteiger partial charge in [0.2, 0.25) is 0 Å². The molecule has 2 aromatic heterocycles. The maximum Gasteiger partial charge on any atom is 0.191 e. The number of thioether (sulfide) groups is 1. The molecule has 0 radical (unpaired) electrons. The van der Waals surface area contributed by atoms with Crippen LogP contribution in [0.1, 0.15) is 11.5 Å². The Morgan fingerprint density at radius 3 is 3.00 bits per heavy atom. The molecule has 0 atom stereocenters. The van der Waals surface area contributed by atoms with Gasteiger partial charge in [0.05, 0.1) is 5.69 Å². The summed E-state index contributed by atoms with van der Waals surface area (Å²) in [6.07, 6.45) is 1.70. The number of nitrogens with two attached hydrogens (primary N) is 1. The summed E-state index contributed by atoms with van der Waals surface area (Å²) in [4.78, 5) is 4.25. The van der Waals surface area contributed by atoms with Crippen LogP contribution in [-0.2, 0) is 12.3 Å². The fourth-order valence-corrected chi connectivity index (χ4v) is 2.62. The SMILES string of the molecule is Cc1nnc(SCc2cc(Cl)ccn2)n1CCN. The van der Waals surface area contributed by atoms with E-state index in [1.54, 1.807) is 24.0 Å². The Hall–Kier alpha value is -1.11. The van der Waals surface area contributed by atoms with Crippen molar-refractivity contribution in [2.24, 2.45) is 5.73 Å². The van der Waals surface area contributed by atoms with Crippen LogP contribution in [0, 0.1) is 6.92 Å². The van der Waals surface area contributed by atoms with Crippen molar-refractivity contribution in [1.82, 2.24) is 19.7 Å². The lowest BCUT2D eigenvalue weighted by atomic mass is 10.4. The zero-order valence-electron chi connectivity index (χ0n) is 10.0. The van der Waals surface area contributed by atoms with Gasteiger partial charge >= 0.3 is 0 Å². The van der Waals surface area contributed by atoms with E-state index >= 15 is 0 Å². The Kier molecular flexibility index (Phi) is 4.57. The van der Waals surface area contributed by atoms with E-state index in [9.17, 15) is 0 Å². The number of aryl methyl sites for hydroxylation is 1. The molecule has 0 aliphatic carbocycles. The lowest BCUT2D eigenvalue weighted by Gasteiger charge is -2.06. The summed E-state index contributed by atoms with van der Waals surface area (Å²) >= 11 is 7.50. The second-order valence-electron chi connectivity index (χ2n) is 3.72. The van der Waals surface area contributed by atoms with Crippen LogP contribution in [0.25, 0.3) is 0 Å². The first-order chi connectivity index (χ1) is 8.70. The zero-order chi connectivity index (χ0) is 13.0. The molecule has 2 N–H and O–H groups in total. The Labute approximate surface area is 115 Å². The van der Waals surface area contributed by atoms with Crippen LogP contribution in [0.2, 0.25) is 5.02 Å². The van der Waals surface area contributed by atoms with E-state index < -0.39 is 0 Å². The molecule has 0 saturated heterocycles. The van der Waals surface area contributed by atoms with E-state index in [0.29, 0.717) is 17.3 Å². The van der Waals surface area contributed by atoms with E-state index in [0.717, 1.165) is 23.2 Å². The van der Waals surface area contributed by atoms with Gasteiger partial charge in [-0.15, -0.1) is 10.2 Å². The molecule has 0 spiro atoms. The van der Waals surface area contributed by atoms with E-state index in [1.807, 2.05) is 17.6 Å². The van der Waals surface area contributed by atoms with E-state index in [4.69, 9.17) is 17.3 Å². The fraction of sp³-hybridized carbons (Fsp3) is 0.364. The Morgan fingerprint density at radius 2 is 2.28 bits per heavy atom. The maximum absolute atomic E-state index is 5.91. The quantitative estimate of drug-likeness (QED) is 0.849. The molecule has 0 aromatic carbocycles. The number of halogens is 1. The predicted octanol–water partition coefficient (Wildman–Crippen LogP) is 1.89. The molecule has 18 heavy (non-hydrogen) atoms. The highest BCUT2D eigenvalue weighted by Gasteiger charge is 2.09. The molecule has 0 amide bonds.